The van der Waals surface area contributed by atoms with Crippen LogP contribution in [0.1, 0.15) is 70.8 Å². The molecule has 0 radical (unpaired) electrons. The van der Waals surface area contributed by atoms with Crippen LogP contribution in [0, 0.1) is 12.5 Å². The van der Waals surface area contributed by atoms with Crippen LogP contribution in [0.2, 0.25) is 0 Å². The predicted molar refractivity (Wildman–Crippen MR) is 102 cm³/mol. The van der Waals surface area contributed by atoms with Crippen LogP contribution < -0.4 is 10.6 Å². The highest BCUT2D eigenvalue weighted by molar-refractivity contribution is 5.70. The van der Waals surface area contributed by atoms with Crippen molar-refractivity contribution in [2.45, 2.75) is 76.8 Å². The summed E-state index contributed by atoms with van der Waals surface area (Å²) in [5.41, 5.74) is 9.36. The van der Waals surface area contributed by atoms with Crippen LogP contribution in [0.4, 0.5) is 11.4 Å². The third kappa shape index (κ3) is 3.24. The number of nitrogen functional groups attached to an aromatic ring is 1. The second-order valence-corrected chi connectivity index (χ2v) is 8.11. The van der Waals surface area contributed by atoms with E-state index in [1.165, 1.54) is 37.8 Å². The van der Waals surface area contributed by atoms with Crippen molar-refractivity contribution in [2.24, 2.45) is 5.92 Å². The van der Waals surface area contributed by atoms with Gasteiger partial charge in [0.05, 0.1) is 11.4 Å². The first kappa shape index (κ1) is 17.1. The van der Waals surface area contributed by atoms with Gasteiger partial charge in [0, 0.05) is 31.0 Å². The van der Waals surface area contributed by atoms with Crippen molar-refractivity contribution in [1.82, 2.24) is 0 Å². The Kier molecular flexibility index (Phi) is 5.04. The lowest BCUT2D eigenvalue weighted by Gasteiger charge is -2.38. The Bertz CT molecular complexity index is 604. The maximum absolute atomic E-state index is 7.58. The molecule has 3 heteroatoms. The van der Waals surface area contributed by atoms with E-state index in [4.69, 9.17) is 12.3 Å². The minimum absolute atomic E-state index is 0.291. The van der Waals surface area contributed by atoms with Crippen LogP contribution in [-0.4, -0.2) is 12.6 Å². The largest absolute Gasteiger partial charge is 0.397 e. The molecule has 24 heavy (non-hydrogen) atoms. The van der Waals surface area contributed by atoms with Crippen LogP contribution in [0.5, 0.6) is 0 Å². The fourth-order valence-electron chi connectivity index (χ4n) is 4.31. The minimum atomic E-state index is -0.291. The summed E-state index contributed by atoms with van der Waals surface area (Å²) >= 11 is 0. The fraction of sp³-hybridized carbons (Fsp3) is 0.667. The first-order valence-electron chi connectivity index (χ1n) is 9.61. The molecule has 0 amide bonds. The number of rotatable bonds is 5. The zero-order valence-electron chi connectivity index (χ0n) is 15.2. The SMILES string of the molecule is [C-]#[N+]C1(c2ccc(N(CC(C)C)C3CCCCC3)c(N)c2)CCC1. The number of nitrogens with zero attached hydrogens (tertiary/aromatic N) is 2. The highest BCUT2D eigenvalue weighted by Gasteiger charge is 2.45. The second kappa shape index (κ2) is 7.05. The number of anilines is 2. The average molecular weight is 326 g/mol. The Morgan fingerprint density at radius 1 is 1.21 bits per heavy atom. The van der Waals surface area contributed by atoms with E-state index in [0.717, 1.165) is 37.1 Å². The zero-order valence-corrected chi connectivity index (χ0v) is 15.2. The van der Waals surface area contributed by atoms with Crippen molar-refractivity contribution in [3.63, 3.8) is 0 Å². The van der Waals surface area contributed by atoms with Gasteiger partial charge in [-0.2, -0.15) is 0 Å². The maximum atomic E-state index is 7.58. The van der Waals surface area contributed by atoms with Crippen molar-refractivity contribution < 1.29 is 0 Å². The molecule has 130 valence electrons. The van der Waals surface area contributed by atoms with Crippen molar-refractivity contribution >= 4 is 11.4 Å². The molecule has 0 aromatic heterocycles. The molecule has 0 saturated heterocycles. The minimum Gasteiger partial charge on any atom is -0.397 e. The average Bonchev–Trinajstić information content (AvgIpc) is 2.53. The molecule has 1 aromatic rings. The van der Waals surface area contributed by atoms with Gasteiger partial charge < -0.3 is 15.5 Å². The molecule has 2 aliphatic carbocycles. The number of benzene rings is 1. The van der Waals surface area contributed by atoms with Gasteiger partial charge in [0.25, 0.3) is 5.54 Å². The molecule has 0 unspecified atom stereocenters. The van der Waals surface area contributed by atoms with E-state index in [9.17, 15) is 0 Å². The van der Waals surface area contributed by atoms with Gasteiger partial charge in [-0.1, -0.05) is 33.1 Å². The lowest BCUT2D eigenvalue weighted by Crippen LogP contribution is -2.40. The molecular formula is C21H31N3. The summed E-state index contributed by atoms with van der Waals surface area (Å²) in [6, 6.07) is 7.06. The van der Waals surface area contributed by atoms with Crippen molar-refractivity contribution in [2.75, 3.05) is 17.2 Å². The van der Waals surface area contributed by atoms with Gasteiger partial charge in [-0.05, 0) is 43.4 Å². The van der Waals surface area contributed by atoms with Crippen molar-refractivity contribution in [3.8, 4) is 0 Å². The van der Waals surface area contributed by atoms with E-state index in [2.05, 4.69) is 41.8 Å². The van der Waals surface area contributed by atoms with Crippen molar-refractivity contribution in [1.29, 1.82) is 0 Å². The molecule has 0 spiro atoms. The predicted octanol–water partition coefficient (Wildman–Crippen LogP) is 5.36. The summed E-state index contributed by atoms with van der Waals surface area (Å²) < 4.78 is 0. The Morgan fingerprint density at radius 2 is 1.92 bits per heavy atom. The van der Waals surface area contributed by atoms with E-state index in [-0.39, 0.29) is 5.54 Å². The van der Waals surface area contributed by atoms with Gasteiger partial charge in [0.15, 0.2) is 0 Å². The maximum Gasteiger partial charge on any atom is 0.257 e. The Labute approximate surface area is 147 Å². The Morgan fingerprint density at radius 3 is 2.42 bits per heavy atom. The fourth-order valence-corrected chi connectivity index (χ4v) is 4.31. The van der Waals surface area contributed by atoms with Crippen LogP contribution >= 0.6 is 0 Å². The van der Waals surface area contributed by atoms with E-state index in [1.54, 1.807) is 0 Å². The number of nitrogens with two attached hydrogens (primary N) is 1. The highest BCUT2D eigenvalue weighted by atomic mass is 15.2. The van der Waals surface area contributed by atoms with E-state index in [0.29, 0.717) is 12.0 Å². The molecule has 0 bridgehead atoms. The van der Waals surface area contributed by atoms with Crippen LogP contribution in [0.3, 0.4) is 0 Å². The summed E-state index contributed by atoms with van der Waals surface area (Å²) in [7, 11) is 0. The van der Waals surface area contributed by atoms with Crippen LogP contribution in [-0.2, 0) is 5.54 Å². The van der Waals surface area contributed by atoms with E-state index >= 15 is 0 Å². The van der Waals surface area contributed by atoms with Gasteiger partial charge in [0.1, 0.15) is 0 Å². The number of hydrogen-bond donors (Lipinski definition) is 1. The van der Waals surface area contributed by atoms with E-state index in [1.807, 2.05) is 0 Å². The lowest BCUT2D eigenvalue weighted by atomic mass is 9.72. The molecule has 2 aliphatic rings. The van der Waals surface area contributed by atoms with Crippen LogP contribution in [0.15, 0.2) is 18.2 Å². The summed E-state index contributed by atoms with van der Waals surface area (Å²) in [6.45, 7) is 13.2. The highest BCUT2D eigenvalue weighted by Crippen LogP contribution is 2.46. The molecule has 2 fully saturated rings. The van der Waals surface area contributed by atoms with E-state index < -0.39 is 0 Å². The molecule has 1 aromatic carbocycles. The zero-order chi connectivity index (χ0) is 17.2. The smallest absolute Gasteiger partial charge is 0.257 e. The Hall–Kier alpha value is -1.69. The van der Waals surface area contributed by atoms with Gasteiger partial charge >= 0.3 is 0 Å². The standard InChI is InChI=1S/C21H31N3/c1-16(2)15-24(18-8-5-4-6-9-18)20-11-10-17(14-19(20)22)21(23-3)12-7-13-21/h10-11,14,16,18H,4-9,12-13,15,22H2,1-2H3. The van der Waals surface area contributed by atoms with Gasteiger partial charge in [-0.3, -0.25) is 0 Å². The summed E-state index contributed by atoms with van der Waals surface area (Å²) in [6.07, 6.45) is 9.71. The molecular weight excluding hydrogens is 294 g/mol. The quantitative estimate of drug-likeness (QED) is 0.584. The summed E-state index contributed by atoms with van der Waals surface area (Å²) in [5, 5.41) is 0. The lowest BCUT2D eigenvalue weighted by molar-refractivity contribution is 0.310. The van der Waals surface area contributed by atoms with Crippen LogP contribution in [0.25, 0.3) is 4.85 Å². The van der Waals surface area contributed by atoms with Crippen molar-refractivity contribution in [3.05, 3.63) is 35.2 Å². The second-order valence-electron chi connectivity index (χ2n) is 8.11. The summed E-state index contributed by atoms with van der Waals surface area (Å²) in [5.74, 6) is 0.618. The molecule has 2 N–H and O–H groups in total. The molecule has 3 rings (SSSR count). The first-order valence-corrected chi connectivity index (χ1v) is 9.61. The van der Waals surface area contributed by atoms with Gasteiger partial charge in [0.2, 0.25) is 0 Å². The number of hydrogen-bond acceptors (Lipinski definition) is 2. The monoisotopic (exact) mass is 325 g/mol. The molecule has 0 heterocycles. The third-order valence-corrected chi connectivity index (χ3v) is 5.85. The Balaban J connectivity index is 1.88. The first-order chi connectivity index (χ1) is 11.6. The van der Waals surface area contributed by atoms with Gasteiger partial charge in [-0.25, -0.2) is 6.57 Å². The van der Waals surface area contributed by atoms with Gasteiger partial charge in [-0.15, -0.1) is 0 Å². The summed E-state index contributed by atoms with van der Waals surface area (Å²) in [4.78, 5) is 6.48. The normalized spacial score (nSPS) is 20.4. The molecule has 0 atom stereocenters. The molecule has 0 aliphatic heterocycles. The molecule has 3 nitrogen and oxygen atoms in total. The topological polar surface area (TPSA) is 33.6 Å². The molecule has 2 saturated carbocycles. The third-order valence-electron chi connectivity index (χ3n) is 5.85.